The van der Waals surface area contributed by atoms with E-state index in [0.29, 0.717) is 13.2 Å². The first kappa shape index (κ1) is 17.2. The van der Waals surface area contributed by atoms with Crippen LogP contribution in [-0.4, -0.2) is 32.7 Å². The molecule has 4 heteroatoms. The van der Waals surface area contributed by atoms with Crippen LogP contribution < -0.4 is 10.2 Å². The van der Waals surface area contributed by atoms with E-state index in [1.54, 1.807) is 13.0 Å². The zero-order valence-corrected chi connectivity index (χ0v) is 13.5. The fourth-order valence-electron chi connectivity index (χ4n) is 2.07. The molecule has 1 aromatic carbocycles. The van der Waals surface area contributed by atoms with Gasteiger partial charge in [-0.05, 0) is 37.5 Å². The van der Waals surface area contributed by atoms with E-state index in [1.165, 1.54) is 11.3 Å². The lowest BCUT2D eigenvalue weighted by atomic mass is 10.1. The average molecular weight is 290 g/mol. The van der Waals surface area contributed by atoms with Crippen LogP contribution in [0.4, 0.5) is 5.69 Å². The van der Waals surface area contributed by atoms with Crippen molar-refractivity contribution in [1.29, 1.82) is 0 Å². The van der Waals surface area contributed by atoms with Crippen LogP contribution in [0, 0.1) is 6.92 Å². The molecule has 1 amide bonds. The fraction of sp³-hybridized carbons (Fsp3) is 0.471. The van der Waals surface area contributed by atoms with Crippen molar-refractivity contribution in [3.63, 3.8) is 0 Å². The Labute approximate surface area is 127 Å². The Kier molecular flexibility index (Phi) is 6.96. The second-order valence-corrected chi connectivity index (χ2v) is 5.32. The van der Waals surface area contributed by atoms with Crippen molar-refractivity contribution in [2.75, 3.05) is 25.6 Å². The smallest absolute Gasteiger partial charge is 0.249 e. The van der Waals surface area contributed by atoms with Gasteiger partial charge in [0.25, 0.3) is 0 Å². The maximum atomic E-state index is 11.9. The minimum atomic E-state index is -0.438. The normalized spacial score (nSPS) is 11.8. The summed E-state index contributed by atoms with van der Waals surface area (Å²) in [6.45, 7) is 8.49. The molecule has 116 valence electrons. The largest absolute Gasteiger partial charge is 0.377 e. The minimum Gasteiger partial charge on any atom is -0.377 e. The third-order valence-corrected chi connectivity index (χ3v) is 3.27. The van der Waals surface area contributed by atoms with Crippen LogP contribution in [0.3, 0.4) is 0 Å². The Bertz CT molecular complexity index is 484. The summed E-state index contributed by atoms with van der Waals surface area (Å²) in [6.07, 6.45) is 2.09. The molecule has 1 N–H and O–H groups in total. The fourth-order valence-corrected chi connectivity index (χ4v) is 2.07. The highest BCUT2D eigenvalue weighted by atomic mass is 16.5. The highest BCUT2D eigenvalue weighted by Gasteiger charge is 2.12. The molecule has 1 atom stereocenters. The number of hydrogen-bond donors (Lipinski definition) is 1. The predicted molar refractivity (Wildman–Crippen MR) is 87.6 cm³/mol. The molecule has 1 unspecified atom stereocenters. The second-order valence-electron chi connectivity index (χ2n) is 5.32. The Hall–Kier alpha value is -1.81. The Morgan fingerprint density at radius 2 is 2.19 bits per heavy atom. The third-order valence-electron chi connectivity index (χ3n) is 3.27. The second kappa shape index (κ2) is 8.47. The van der Waals surface area contributed by atoms with Crippen LogP contribution >= 0.6 is 0 Å². The maximum Gasteiger partial charge on any atom is 0.249 e. The Balaban J connectivity index is 2.49. The average Bonchev–Trinajstić information content (AvgIpc) is 2.44. The number of carbonyl (C=O) groups is 1. The Morgan fingerprint density at radius 1 is 1.48 bits per heavy atom. The first-order chi connectivity index (χ1) is 9.95. The topological polar surface area (TPSA) is 41.6 Å². The predicted octanol–water partition coefficient (Wildman–Crippen LogP) is 2.66. The summed E-state index contributed by atoms with van der Waals surface area (Å²) in [6, 6.07) is 6.20. The van der Waals surface area contributed by atoms with Crippen molar-refractivity contribution in [2.45, 2.75) is 32.9 Å². The molecular weight excluding hydrogens is 264 g/mol. The molecule has 4 nitrogen and oxygen atoms in total. The minimum absolute atomic E-state index is 0.0894. The monoisotopic (exact) mass is 290 g/mol. The molecule has 1 aromatic rings. The SMILES string of the molecule is C=CCCOC(C)C(=O)NCc1ccc(N(C)C)c(C)c1. The summed E-state index contributed by atoms with van der Waals surface area (Å²) < 4.78 is 5.42. The van der Waals surface area contributed by atoms with Crippen molar-refractivity contribution >= 4 is 11.6 Å². The van der Waals surface area contributed by atoms with E-state index in [2.05, 4.69) is 35.9 Å². The van der Waals surface area contributed by atoms with E-state index >= 15 is 0 Å². The molecule has 0 heterocycles. The van der Waals surface area contributed by atoms with Crippen molar-refractivity contribution in [3.8, 4) is 0 Å². The van der Waals surface area contributed by atoms with Gasteiger partial charge in [-0.25, -0.2) is 0 Å². The molecule has 0 radical (unpaired) electrons. The van der Waals surface area contributed by atoms with Crippen LogP contribution in [-0.2, 0) is 16.1 Å². The van der Waals surface area contributed by atoms with Crippen LogP contribution in [0.25, 0.3) is 0 Å². The first-order valence-corrected chi connectivity index (χ1v) is 7.22. The van der Waals surface area contributed by atoms with E-state index < -0.39 is 6.10 Å². The molecule has 0 bridgehead atoms. The molecule has 0 aromatic heterocycles. The van der Waals surface area contributed by atoms with Crippen molar-refractivity contribution in [1.82, 2.24) is 5.32 Å². The molecule has 0 spiro atoms. The maximum absolute atomic E-state index is 11.9. The molecule has 1 rings (SSSR count). The first-order valence-electron chi connectivity index (χ1n) is 7.22. The van der Waals surface area contributed by atoms with Crippen molar-refractivity contribution in [2.24, 2.45) is 0 Å². The van der Waals surface area contributed by atoms with E-state index in [0.717, 1.165) is 12.0 Å². The van der Waals surface area contributed by atoms with Crippen LogP contribution in [0.1, 0.15) is 24.5 Å². The number of benzene rings is 1. The van der Waals surface area contributed by atoms with E-state index in [9.17, 15) is 4.79 Å². The Morgan fingerprint density at radius 3 is 2.76 bits per heavy atom. The number of carbonyl (C=O) groups excluding carboxylic acids is 1. The molecule has 21 heavy (non-hydrogen) atoms. The highest BCUT2D eigenvalue weighted by Crippen LogP contribution is 2.18. The standard InChI is InChI=1S/C17H26N2O2/c1-6-7-10-21-14(3)17(20)18-12-15-8-9-16(19(4)5)13(2)11-15/h6,8-9,11,14H,1,7,10,12H2,2-5H3,(H,18,20). The number of nitrogens with zero attached hydrogens (tertiary/aromatic N) is 1. The number of rotatable bonds is 8. The number of nitrogens with one attached hydrogen (secondary N) is 1. The zero-order valence-electron chi connectivity index (χ0n) is 13.5. The van der Waals surface area contributed by atoms with E-state index in [1.807, 2.05) is 20.2 Å². The summed E-state index contributed by atoms with van der Waals surface area (Å²) in [5.41, 5.74) is 3.47. The van der Waals surface area contributed by atoms with Gasteiger partial charge in [0.1, 0.15) is 6.10 Å². The summed E-state index contributed by atoms with van der Waals surface area (Å²) in [7, 11) is 4.04. The van der Waals surface area contributed by atoms with E-state index in [-0.39, 0.29) is 5.91 Å². The van der Waals surface area contributed by atoms with Crippen LogP contribution in [0.5, 0.6) is 0 Å². The van der Waals surface area contributed by atoms with Gasteiger partial charge < -0.3 is 15.0 Å². The quantitative estimate of drug-likeness (QED) is 0.591. The highest BCUT2D eigenvalue weighted by molar-refractivity contribution is 5.80. The van der Waals surface area contributed by atoms with Crippen LogP contribution in [0.2, 0.25) is 0 Å². The molecule has 0 fully saturated rings. The number of anilines is 1. The zero-order chi connectivity index (χ0) is 15.8. The molecule has 0 aliphatic carbocycles. The summed E-state index contributed by atoms with van der Waals surface area (Å²) >= 11 is 0. The molecule has 0 saturated heterocycles. The molecule has 0 aliphatic heterocycles. The number of ether oxygens (including phenoxy) is 1. The van der Waals surface area contributed by atoms with Gasteiger partial charge in [0.15, 0.2) is 0 Å². The van der Waals surface area contributed by atoms with Crippen LogP contribution in [0.15, 0.2) is 30.9 Å². The van der Waals surface area contributed by atoms with Gasteiger partial charge in [0, 0.05) is 26.3 Å². The molecule has 0 saturated carbocycles. The molecular formula is C17H26N2O2. The van der Waals surface area contributed by atoms with Gasteiger partial charge in [-0.2, -0.15) is 0 Å². The van der Waals surface area contributed by atoms with Crippen molar-refractivity contribution in [3.05, 3.63) is 42.0 Å². The lowest BCUT2D eigenvalue weighted by molar-refractivity contribution is -0.131. The van der Waals surface area contributed by atoms with Crippen molar-refractivity contribution < 1.29 is 9.53 Å². The van der Waals surface area contributed by atoms with Gasteiger partial charge in [-0.1, -0.05) is 18.2 Å². The number of amides is 1. The molecule has 0 aliphatic rings. The third kappa shape index (κ3) is 5.60. The van der Waals surface area contributed by atoms with Gasteiger partial charge in [0.2, 0.25) is 5.91 Å². The van der Waals surface area contributed by atoms with Gasteiger partial charge in [-0.3, -0.25) is 4.79 Å². The lowest BCUT2D eigenvalue weighted by Gasteiger charge is -2.17. The van der Waals surface area contributed by atoms with Gasteiger partial charge in [0.05, 0.1) is 6.61 Å². The summed E-state index contributed by atoms with van der Waals surface area (Å²) in [5.74, 6) is -0.0894. The van der Waals surface area contributed by atoms with E-state index in [4.69, 9.17) is 4.74 Å². The summed E-state index contributed by atoms with van der Waals surface area (Å²) in [5, 5.41) is 2.90. The lowest BCUT2D eigenvalue weighted by Crippen LogP contribution is -2.34. The number of aryl methyl sites for hydroxylation is 1. The van der Waals surface area contributed by atoms with Gasteiger partial charge in [-0.15, -0.1) is 6.58 Å². The summed E-state index contributed by atoms with van der Waals surface area (Å²) in [4.78, 5) is 14.0. The van der Waals surface area contributed by atoms with Gasteiger partial charge >= 0.3 is 0 Å². The number of hydrogen-bond acceptors (Lipinski definition) is 3.